The molecule has 4 rings (SSSR count). The summed E-state index contributed by atoms with van der Waals surface area (Å²) >= 11 is 0. The number of ether oxygens (including phenoxy) is 2. The Hall–Kier alpha value is -3.13. The lowest BCUT2D eigenvalue weighted by molar-refractivity contribution is -0.123. The maximum Gasteiger partial charge on any atom is 0.251 e. The van der Waals surface area contributed by atoms with Crippen molar-refractivity contribution in [3.63, 3.8) is 0 Å². The van der Waals surface area contributed by atoms with Gasteiger partial charge in [-0.15, -0.1) is 0 Å². The van der Waals surface area contributed by atoms with E-state index in [1.807, 2.05) is 18.2 Å². The highest BCUT2D eigenvalue weighted by Crippen LogP contribution is 2.34. The number of aromatic nitrogens is 1. The molecule has 0 unspecified atom stereocenters. The molecule has 8 nitrogen and oxygen atoms in total. The molecule has 0 radical (unpaired) electrons. The van der Waals surface area contributed by atoms with Gasteiger partial charge in [-0.3, -0.25) is 14.5 Å². The Kier molecular flexibility index (Phi) is 5.35. The molecule has 29 heavy (non-hydrogen) atoms. The van der Waals surface area contributed by atoms with Crippen LogP contribution in [0.1, 0.15) is 6.42 Å². The van der Waals surface area contributed by atoms with Gasteiger partial charge in [-0.25, -0.2) is 9.88 Å². The summed E-state index contributed by atoms with van der Waals surface area (Å²) in [4.78, 5) is 35.7. The highest BCUT2D eigenvalue weighted by Gasteiger charge is 2.43. The van der Waals surface area contributed by atoms with Gasteiger partial charge in [0.2, 0.25) is 5.91 Å². The third-order valence-electron chi connectivity index (χ3n) is 5.48. The van der Waals surface area contributed by atoms with Crippen LogP contribution in [0, 0.1) is 0 Å². The van der Waals surface area contributed by atoms with Crippen molar-refractivity contribution in [1.29, 1.82) is 0 Å². The molecule has 2 aliphatic rings. The van der Waals surface area contributed by atoms with Crippen LogP contribution in [-0.4, -0.2) is 68.1 Å². The predicted molar refractivity (Wildman–Crippen MR) is 108 cm³/mol. The van der Waals surface area contributed by atoms with Crippen molar-refractivity contribution in [2.24, 2.45) is 0 Å². The second-order valence-electron chi connectivity index (χ2n) is 7.04. The maximum absolute atomic E-state index is 13.1. The summed E-state index contributed by atoms with van der Waals surface area (Å²) in [5, 5.41) is 0. The molecule has 2 saturated heterocycles. The average molecular weight is 396 g/mol. The molecule has 2 amide bonds. The van der Waals surface area contributed by atoms with Crippen molar-refractivity contribution < 1.29 is 19.1 Å². The zero-order valence-electron chi connectivity index (χ0n) is 16.6. The van der Waals surface area contributed by atoms with Gasteiger partial charge in [0.05, 0.1) is 32.4 Å². The normalized spacial score (nSPS) is 20.3. The molecule has 1 atom stereocenters. The van der Waals surface area contributed by atoms with E-state index in [1.54, 1.807) is 31.5 Å². The third kappa shape index (κ3) is 3.63. The summed E-state index contributed by atoms with van der Waals surface area (Å²) in [6.07, 6.45) is 1.97. The molecular formula is C21H24N4O4. The Labute approximate surface area is 169 Å². The molecule has 1 aromatic heterocycles. The van der Waals surface area contributed by atoms with Crippen LogP contribution in [0.5, 0.6) is 11.5 Å². The molecule has 0 spiro atoms. The molecule has 0 aliphatic carbocycles. The molecule has 2 aliphatic heterocycles. The highest BCUT2D eigenvalue weighted by molar-refractivity contribution is 6.22. The zero-order valence-corrected chi connectivity index (χ0v) is 16.6. The van der Waals surface area contributed by atoms with Crippen LogP contribution >= 0.6 is 0 Å². The Balaban J connectivity index is 1.46. The van der Waals surface area contributed by atoms with Gasteiger partial charge in [-0.1, -0.05) is 6.07 Å². The molecule has 3 heterocycles. The number of hydrogen-bond donors (Lipinski definition) is 0. The summed E-state index contributed by atoms with van der Waals surface area (Å²) in [5.74, 6) is 1.59. The average Bonchev–Trinajstić information content (AvgIpc) is 3.07. The number of imide groups is 1. The molecule has 1 aromatic carbocycles. The van der Waals surface area contributed by atoms with Crippen LogP contribution < -0.4 is 19.3 Å². The number of carbonyl (C=O) groups excluding carboxylic acids is 2. The van der Waals surface area contributed by atoms with Crippen molar-refractivity contribution in [1.82, 2.24) is 9.88 Å². The molecule has 152 valence electrons. The Morgan fingerprint density at radius 3 is 2.38 bits per heavy atom. The summed E-state index contributed by atoms with van der Waals surface area (Å²) in [7, 11) is 3.07. The second-order valence-corrected chi connectivity index (χ2v) is 7.04. The molecule has 0 bridgehead atoms. The van der Waals surface area contributed by atoms with Crippen LogP contribution in [0.2, 0.25) is 0 Å². The smallest absolute Gasteiger partial charge is 0.251 e. The minimum atomic E-state index is -0.429. The monoisotopic (exact) mass is 396 g/mol. The number of amides is 2. The maximum atomic E-state index is 13.1. The van der Waals surface area contributed by atoms with Gasteiger partial charge >= 0.3 is 0 Å². The van der Waals surface area contributed by atoms with Crippen LogP contribution in [0.4, 0.5) is 11.5 Å². The number of pyridine rings is 1. The van der Waals surface area contributed by atoms with E-state index in [4.69, 9.17) is 9.47 Å². The molecule has 0 N–H and O–H groups in total. The topological polar surface area (TPSA) is 75.2 Å². The van der Waals surface area contributed by atoms with E-state index in [1.165, 1.54) is 12.0 Å². The Morgan fingerprint density at radius 2 is 1.72 bits per heavy atom. The number of benzene rings is 1. The number of rotatable bonds is 5. The standard InChI is InChI=1S/C21H24N4O4/c1-28-17-7-6-15(13-18(17)29-2)25-20(26)14-16(21(25)27)23-9-11-24(12-10-23)19-5-3-4-8-22-19/h3-8,13,16H,9-12,14H2,1-2H3/t16-/m1/s1. The van der Waals surface area contributed by atoms with Crippen LogP contribution in [-0.2, 0) is 9.59 Å². The lowest BCUT2D eigenvalue weighted by Gasteiger charge is -2.37. The van der Waals surface area contributed by atoms with Crippen molar-refractivity contribution in [3.8, 4) is 11.5 Å². The summed E-state index contributed by atoms with van der Waals surface area (Å²) in [5.41, 5.74) is 0.507. The lowest BCUT2D eigenvalue weighted by atomic mass is 10.1. The van der Waals surface area contributed by atoms with E-state index in [0.717, 1.165) is 18.9 Å². The summed E-state index contributed by atoms with van der Waals surface area (Å²) < 4.78 is 10.5. The lowest BCUT2D eigenvalue weighted by Crippen LogP contribution is -2.52. The Morgan fingerprint density at radius 1 is 0.966 bits per heavy atom. The van der Waals surface area contributed by atoms with Gasteiger partial charge in [0, 0.05) is 38.4 Å². The van der Waals surface area contributed by atoms with Gasteiger partial charge in [0.1, 0.15) is 5.82 Å². The minimum Gasteiger partial charge on any atom is -0.493 e. The van der Waals surface area contributed by atoms with Gasteiger partial charge < -0.3 is 14.4 Å². The predicted octanol–water partition coefficient (Wildman–Crippen LogP) is 1.55. The largest absolute Gasteiger partial charge is 0.493 e. The van der Waals surface area contributed by atoms with Gasteiger partial charge in [-0.2, -0.15) is 0 Å². The fourth-order valence-electron chi connectivity index (χ4n) is 3.94. The zero-order chi connectivity index (χ0) is 20.4. The quantitative estimate of drug-likeness (QED) is 0.710. The molecule has 2 aromatic rings. The van der Waals surface area contributed by atoms with E-state index in [9.17, 15) is 9.59 Å². The van der Waals surface area contributed by atoms with Gasteiger partial charge in [-0.05, 0) is 24.3 Å². The van der Waals surface area contributed by atoms with E-state index in [-0.39, 0.29) is 18.2 Å². The first kappa shape index (κ1) is 19.2. The van der Waals surface area contributed by atoms with Gasteiger partial charge in [0.15, 0.2) is 11.5 Å². The van der Waals surface area contributed by atoms with E-state index in [0.29, 0.717) is 30.3 Å². The third-order valence-corrected chi connectivity index (χ3v) is 5.48. The van der Waals surface area contributed by atoms with Crippen LogP contribution in [0.25, 0.3) is 0 Å². The van der Waals surface area contributed by atoms with Crippen molar-refractivity contribution in [3.05, 3.63) is 42.6 Å². The van der Waals surface area contributed by atoms with Crippen LogP contribution in [0.3, 0.4) is 0 Å². The van der Waals surface area contributed by atoms with Gasteiger partial charge in [0.25, 0.3) is 5.91 Å². The first-order valence-corrected chi connectivity index (χ1v) is 9.61. The van der Waals surface area contributed by atoms with E-state index < -0.39 is 6.04 Å². The van der Waals surface area contributed by atoms with E-state index in [2.05, 4.69) is 14.8 Å². The summed E-state index contributed by atoms with van der Waals surface area (Å²) in [6, 6.07) is 10.5. The summed E-state index contributed by atoms with van der Waals surface area (Å²) in [6.45, 7) is 2.96. The first-order chi connectivity index (χ1) is 14.1. The fourth-order valence-corrected chi connectivity index (χ4v) is 3.94. The highest BCUT2D eigenvalue weighted by atomic mass is 16.5. The molecular weight excluding hydrogens is 372 g/mol. The SMILES string of the molecule is COc1ccc(N2C(=O)C[C@@H](N3CCN(c4ccccn4)CC3)C2=O)cc1OC. The first-order valence-electron chi connectivity index (χ1n) is 9.61. The number of anilines is 2. The second kappa shape index (κ2) is 8.08. The number of carbonyl (C=O) groups is 2. The van der Waals surface area contributed by atoms with Crippen molar-refractivity contribution in [2.75, 3.05) is 50.2 Å². The molecule has 2 fully saturated rings. The van der Waals surface area contributed by atoms with E-state index >= 15 is 0 Å². The number of hydrogen-bond acceptors (Lipinski definition) is 7. The minimum absolute atomic E-state index is 0.187. The molecule has 0 saturated carbocycles. The van der Waals surface area contributed by atoms with Crippen LogP contribution in [0.15, 0.2) is 42.6 Å². The Bertz CT molecular complexity index is 897. The number of methoxy groups -OCH3 is 2. The van der Waals surface area contributed by atoms with Crippen molar-refractivity contribution >= 4 is 23.3 Å². The molecule has 8 heteroatoms. The van der Waals surface area contributed by atoms with Crippen molar-refractivity contribution in [2.45, 2.75) is 12.5 Å². The fraction of sp³-hybridized carbons (Fsp3) is 0.381. The number of piperazine rings is 1. The number of nitrogens with zero attached hydrogens (tertiary/aromatic N) is 4.